The van der Waals surface area contributed by atoms with Crippen molar-refractivity contribution in [3.63, 3.8) is 0 Å². The monoisotopic (exact) mass is 307 g/mol. The molecule has 112 valence electrons. The predicted octanol–water partition coefficient (Wildman–Crippen LogP) is 4.78. The van der Waals surface area contributed by atoms with Gasteiger partial charge in [-0.3, -0.25) is 0 Å². The molecule has 0 aliphatic heterocycles. The number of nitrogens with zero attached hydrogens (tertiary/aromatic N) is 3. The van der Waals surface area contributed by atoms with Crippen LogP contribution in [0.3, 0.4) is 0 Å². The second-order valence-corrected chi connectivity index (χ2v) is 5.75. The van der Waals surface area contributed by atoms with Crippen LogP contribution in [0.5, 0.6) is 0 Å². The van der Waals surface area contributed by atoms with E-state index in [-0.39, 0.29) is 0 Å². The summed E-state index contributed by atoms with van der Waals surface area (Å²) < 4.78 is 0. The van der Waals surface area contributed by atoms with Crippen LogP contribution in [0, 0.1) is 0 Å². The molecule has 0 fully saturated rings. The smallest absolute Gasteiger partial charge is 0.116 e. The first kappa shape index (κ1) is 13.1. The summed E-state index contributed by atoms with van der Waals surface area (Å²) in [5, 5.41) is 0. The Labute approximate surface area is 139 Å². The number of aliphatic imine (C=N–C) groups is 1. The SMILES string of the molecule is c1ccc(N=C2c3ccccc3-c3nc4ccccc4nc32)cc1. The van der Waals surface area contributed by atoms with Crippen molar-refractivity contribution in [1.29, 1.82) is 0 Å². The third-order valence-electron chi connectivity index (χ3n) is 4.23. The predicted molar refractivity (Wildman–Crippen MR) is 96.7 cm³/mol. The van der Waals surface area contributed by atoms with E-state index in [4.69, 9.17) is 15.0 Å². The van der Waals surface area contributed by atoms with Crippen LogP contribution < -0.4 is 0 Å². The average Bonchev–Trinajstić information content (AvgIpc) is 2.94. The molecule has 0 spiro atoms. The van der Waals surface area contributed by atoms with E-state index < -0.39 is 0 Å². The molecule has 0 saturated carbocycles. The summed E-state index contributed by atoms with van der Waals surface area (Å²) in [4.78, 5) is 14.6. The van der Waals surface area contributed by atoms with E-state index in [9.17, 15) is 0 Å². The van der Waals surface area contributed by atoms with Gasteiger partial charge in [0.1, 0.15) is 5.69 Å². The van der Waals surface area contributed by atoms with Gasteiger partial charge in [0.05, 0.1) is 28.1 Å². The Balaban J connectivity index is 1.83. The maximum Gasteiger partial charge on any atom is 0.116 e. The highest BCUT2D eigenvalue weighted by atomic mass is 14.9. The Morgan fingerprint density at radius 3 is 1.88 bits per heavy atom. The molecule has 3 aromatic carbocycles. The zero-order valence-corrected chi connectivity index (χ0v) is 12.8. The van der Waals surface area contributed by atoms with E-state index in [1.807, 2.05) is 66.7 Å². The highest BCUT2D eigenvalue weighted by Gasteiger charge is 2.28. The molecule has 1 aliphatic rings. The number of para-hydroxylation sites is 3. The van der Waals surface area contributed by atoms with Crippen LogP contribution in [0.2, 0.25) is 0 Å². The van der Waals surface area contributed by atoms with Crippen LogP contribution in [0.25, 0.3) is 22.3 Å². The minimum absolute atomic E-state index is 0.860. The minimum Gasteiger partial charge on any atom is -0.246 e. The molecular formula is C21H13N3. The Bertz CT molecular complexity index is 1100. The Kier molecular flexibility index (Phi) is 2.79. The van der Waals surface area contributed by atoms with Crippen LogP contribution in [-0.2, 0) is 0 Å². The molecule has 5 rings (SSSR count). The lowest BCUT2D eigenvalue weighted by Crippen LogP contribution is -2.01. The van der Waals surface area contributed by atoms with Crippen LogP contribution in [-0.4, -0.2) is 15.7 Å². The first-order chi connectivity index (χ1) is 11.9. The Morgan fingerprint density at radius 2 is 1.12 bits per heavy atom. The van der Waals surface area contributed by atoms with Gasteiger partial charge in [-0.05, 0) is 24.3 Å². The van der Waals surface area contributed by atoms with Crippen molar-refractivity contribution in [3.8, 4) is 11.3 Å². The fourth-order valence-corrected chi connectivity index (χ4v) is 3.12. The van der Waals surface area contributed by atoms with Crippen molar-refractivity contribution < 1.29 is 0 Å². The zero-order chi connectivity index (χ0) is 15.9. The van der Waals surface area contributed by atoms with Gasteiger partial charge in [-0.15, -0.1) is 0 Å². The van der Waals surface area contributed by atoms with Crippen molar-refractivity contribution >= 4 is 22.4 Å². The van der Waals surface area contributed by atoms with Gasteiger partial charge in [0.25, 0.3) is 0 Å². The lowest BCUT2D eigenvalue weighted by Gasteiger charge is -2.03. The second-order valence-electron chi connectivity index (χ2n) is 5.75. The van der Waals surface area contributed by atoms with E-state index in [2.05, 4.69) is 12.1 Å². The largest absolute Gasteiger partial charge is 0.246 e. The summed E-state index contributed by atoms with van der Waals surface area (Å²) >= 11 is 0. The molecule has 24 heavy (non-hydrogen) atoms. The molecular weight excluding hydrogens is 294 g/mol. The molecule has 1 aromatic heterocycles. The molecule has 1 aliphatic carbocycles. The van der Waals surface area contributed by atoms with Crippen molar-refractivity contribution in [1.82, 2.24) is 9.97 Å². The van der Waals surface area contributed by atoms with Crippen LogP contribution in [0.4, 0.5) is 5.69 Å². The lowest BCUT2D eigenvalue weighted by atomic mass is 10.1. The van der Waals surface area contributed by atoms with E-state index in [0.717, 1.165) is 44.9 Å². The maximum atomic E-state index is 4.86. The molecule has 3 heteroatoms. The lowest BCUT2D eigenvalue weighted by molar-refractivity contribution is 1.28. The quantitative estimate of drug-likeness (QED) is 0.447. The van der Waals surface area contributed by atoms with Gasteiger partial charge < -0.3 is 0 Å². The van der Waals surface area contributed by atoms with Gasteiger partial charge in [0.15, 0.2) is 0 Å². The molecule has 0 radical (unpaired) electrons. The number of hydrogen-bond acceptors (Lipinski definition) is 3. The van der Waals surface area contributed by atoms with Crippen molar-refractivity contribution in [2.24, 2.45) is 4.99 Å². The summed E-state index contributed by atoms with van der Waals surface area (Å²) in [6.07, 6.45) is 0. The van der Waals surface area contributed by atoms with Gasteiger partial charge in [-0.1, -0.05) is 54.6 Å². The number of hydrogen-bond donors (Lipinski definition) is 0. The topological polar surface area (TPSA) is 38.1 Å². The Morgan fingerprint density at radius 1 is 0.542 bits per heavy atom. The molecule has 1 heterocycles. The number of aromatic nitrogens is 2. The molecule has 3 nitrogen and oxygen atoms in total. The Hall–Kier alpha value is -3.33. The van der Waals surface area contributed by atoms with E-state index >= 15 is 0 Å². The molecule has 0 amide bonds. The molecule has 4 aromatic rings. The summed E-state index contributed by atoms with van der Waals surface area (Å²) in [6.45, 7) is 0. The normalized spacial score (nSPS) is 13.9. The van der Waals surface area contributed by atoms with Crippen molar-refractivity contribution in [2.45, 2.75) is 0 Å². The zero-order valence-electron chi connectivity index (χ0n) is 12.8. The summed E-state index contributed by atoms with van der Waals surface area (Å²) in [5.41, 5.74) is 7.58. The number of fused-ring (bicyclic) bond motifs is 4. The fraction of sp³-hybridized carbons (Fsp3) is 0. The van der Waals surface area contributed by atoms with Crippen LogP contribution in [0.1, 0.15) is 11.3 Å². The summed E-state index contributed by atoms with van der Waals surface area (Å²) in [6, 6.07) is 26.2. The van der Waals surface area contributed by atoms with Gasteiger partial charge in [0, 0.05) is 11.1 Å². The fourth-order valence-electron chi connectivity index (χ4n) is 3.12. The van der Waals surface area contributed by atoms with Gasteiger partial charge in [0.2, 0.25) is 0 Å². The standard InChI is InChI=1S/C21H13N3/c1-2-8-14(9-3-1)22-19-15-10-4-5-11-16(15)20-21(19)24-18-13-7-6-12-17(18)23-20/h1-13H. The molecule has 0 saturated heterocycles. The number of benzene rings is 3. The van der Waals surface area contributed by atoms with Crippen molar-refractivity contribution in [3.05, 3.63) is 90.1 Å². The maximum absolute atomic E-state index is 4.86. The van der Waals surface area contributed by atoms with Gasteiger partial charge in [-0.2, -0.15) is 0 Å². The summed E-state index contributed by atoms with van der Waals surface area (Å²) in [7, 11) is 0. The van der Waals surface area contributed by atoms with E-state index in [1.165, 1.54) is 0 Å². The molecule has 0 atom stereocenters. The summed E-state index contributed by atoms with van der Waals surface area (Å²) in [5.74, 6) is 0. The van der Waals surface area contributed by atoms with Gasteiger partial charge in [-0.25, -0.2) is 15.0 Å². The average molecular weight is 307 g/mol. The first-order valence-corrected chi connectivity index (χ1v) is 7.91. The first-order valence-electron chi connectivity index (χ1n) is 7.91. The van der Waals surface area contributed by atoms with E-state index in [0.29, 0.717) is 0 Å². The highest BCUT2D eigenvalue weighted by Crippen LogP contribution is 2.36. The third-order valence-corrected chi connectivity index (χ3v) is 4.23. The van der Waals surface area contributed by atoms with Gasteiger partial charge >= 0.3 is 0 Å². The highest BCUT2D eigenvalue weighted by molar-refractivity contribution is 6.24. The van der Waals surface area contributed by atoms with Crippen LogP contribution >= 0.6 is 0 Å². The second kappa shape index (κ2) is 5.10. The third kappa shape index (κ3) is 1.95. The molecule has 0 N–H and O–H groups in total. The minimum atomic E-state index is 0.860. The number of rotatable bonds is 1. The molecule has 0 unspecified atom stereocenters. The van der Waals surface area contributed by atoms with Crippen LogP contribution in [0.15, 0.2) is 83.9 Å². The van der Waals surface area contributed by atoms with Crippen molar-refractivity contribution in [2.75, 3.05) is 0 Å². The molecule has 0 bridgehead atoms. The van der Waals surface area contributed by atoms with E-state index in [1.54, 1.807) is 0 Å².